The number of aryl methyl sites for hydroxylation is 1. The lowest BCUT2D eigenvalue weighted by atomic mass is 9.91. The Labute approximate surface area is 218 Å². The topological polar surface area (TPSA) is 132 Å². The van der Waals surface area contributed by atoms with E-state index in [-0.39, 0.29) is 29.6 Å². The Balaban J connectivity index is 1.49. The van der Waals surface area contributed by atoms with E-state index in [1.165, 1.54) is 6.20 Å². The van der Waals surface area contributed by atoms with Crippen LogP contribution in [-0.4, -0.2) is 64.3 Å². The van der Waals surface area contributed by atoms with Gasteiger partial charge in [-0.3, -0.25) is 4.79 Å². The first-order chi connectivity index (χ1) is 17.4. The van der Waals surface area contributed by atoms with Crippen molar-refractivity contribution < 1.29 is 28.9 Å². The summed E-state index contributed by atoms with van der Waals surface area (Å²) in [5, 5.41) is 12.5. The SMILES string of the molecule is Cc1nc(N2CC3CCOC3(CNC(=O)OC(C)(C)C)C2)c(Cl)c2c1c(=O)c(OC(=O)O)cn2C1CC1. The van der Waals surface area contributed by atoms with Crippen LogP contribution in [0.1, 0.15) is 51.8 Å². The van der Waals surface area contributed by atoms with E-state index in [9.17, 15) is 14.4 Å². The van der Waals surface area contributed by atoms with Crippen molar-refractivity contribution in [3.63, 3.8) is 0 Å². The molecule has 4 heterocycles. The van der Waals surface area contributed by atoms with Crippen molar-refractivity contribution >= 4 is 40.6 Å². The third-order valence-electron chi connectivity index (χ3n) is 7.11. The third kappa shape index (κ3) is 4.82. The van der Waals surface area contributed by atoms with Gasteiger partial charge in [0.05, 0.1) is 35.9 Å². The number of halogens is 1. The van der Waals surface area contributed by atoms with Crippen LogP contribution in [0.3, 0.4) is 0 Å². The van der Waals surface area contributed by atoms with E-state index in [2.05, 4.69) is 5.32 Å². The van der Waals surface area contributed by atoms with E-state index in [4.69, 9.17) is 35.9 Å². The lowest BCUT2D eigenvalue weighted by Gasteiger charge is -2.29. The molecule has 3 fully saturated rings. The number of nitrogens with one attached hydrogen (secondary N) is 1. The van der Waals surface area contributed by atoms with E-state index < -0.39 is 28.9 Å². The summed E-state index contributed by atoms with van der Waals surface area (Å²) < 4.78 is 18.2. The molecule has 2 aliphatic heterocycles. The highest BCUT2D eigenvalue weighted by molar-refractivity contribution is 6.37. The number of carbonyl (C=O) groups is 2. The van der Waals surface area contributed by atoms with Crippen molar-refractivity contribution in [2.75, 3.05) is 31.1 Å². The number of alkyl carbamates (subject to hydrolysis) is 1. The van der Waals surface area contributed by atoms with Crippen molar-refractivity contribution in [3.05, 3.63) is 27.1 Å². The molecule has 11 nitrogen and oxygen atoms in total. The molecular formula is C25H31ClN4O7. The maximum absolute atomic E-state index is 13.1. The fourth-order valence-electron chi connectivity index (χ4n) is 5.37. The molecule has 37 heavy (non-hydrogen) atoms. The van der Waals surface area contributed by atoms with Gasteiger partial charge in [-0.25, -0.2) is 14.6 Å². The minimum absolute atomic E-state index is 0.0945. The lowest BCUT2D eigenvalue weighted by molar-refractivity contribution is -0.000274. The molecule has 3 aliphatic rings. The van der Waals surface area contributed by atoms with Crippen molar-refractivity contribution in [1.82, 2.24) is 14.9 Å². The largest absolute Gasteiger partial charge is 0.511 e. The van der Waals surface area contributed by atoms with Crippen LogP contribution in [0.25, 0.3) is 10.9 Å². The number of anilines is 1. The van der Waals surface area contributed by atoms with Crippen LogP contribution in [0.4, 0.5) is 15.4 Å². The van der Waals surface area contributed by atoms with Crippen LogP contribution in [0.2, 0.25) is 5.02 Å². The van der Waals surface area contributed by atoms with E-state index in [0.717, 1.165) is 19.3 Å². The van der Waals surface area contributed by atoms with Gasteiger partial charge in [0, 0.05) is 25.1 Å². The summed E-state index contributed by atoms with van der Waals surface area (Å²) in [6, 6.07) is 0.0945. The summed E-state index contributed by atoms with van der Waals surface area (Å²) in [5.74, 6) is 0.409. The number of fused-ring (bicyclic) bond motifs is 2. The number of hydrogen-bond donors (Lipinski definition) is 2. The first-order valence-corrected chi connectivity index (χ1v) is 12.8. The van der Waals surface area contributed by atoms with Gasteiger partial charge in [-0.2, -0.15) is 0 Å². The van der Waals surface area contributed by atoms with E-state index in [0.29, 0.717) is 41.7 Å². The first kappa shape index (κ1) is 25.6. The average Bonchev–Trinajstić information content (AvgIpc) is 3.46. The van der Waals surface area contributed by atoms with Crippen molar-refractivity contribution in [1.29, 1.82) is 0 Å². The zero-order valence-electron chi connectivity index (χ0n) is 21.3. The van der Waals surface area contributed by atoms with Gasteiger partial charge in [0.2, 0.25) is 5.43 Å². The molecule has 0 spiro atoms. The first-order valence-electron chi connectivity index (χ1n) is 12.4. The number of amides is 1. The molecule has 2 aromatic rings. The van der Waals surface area contributed by atoms with Gasteiger partial charge in [-0.05, 0) is 47.0 Å². The quantitative estimate of drug-likeness (QED) is 0.548. The Morgan fingerprint density at radius 3 is 2.70 bits per heavy atom. The highest BCUT2D eigenvalue weighted by Crippen LogP contribution is 2.45. The van der Waals surface area contributed by atoms with Gasteiger partial charge >= 0.3 is 12.2 Å². The molecule has 2 N–H and O–H groups in total. The van der Waals surface area contributed by atoms with Crippen LogP contribution < -0.4 is 20.4 Å². The molecule has 2 saturated heterocycles. The van der Waals surface area contributed by atoms with Crippen molar-refractivity contribution in [2.45, 2.75) is 64.2 Å². The Morgan fingerprint density at radius 1 is 1.32 bits per heavy atom. The van der Waals surface area contributed by atoms with Gasteiger partial charge in [0.25, 0.3) is 0 Å². The molecule has 0 aromatic carbocycles. The molecule has 1 saturated carbocycles. The smallest absolute Gasteiger partial charge is 0.449 e. The van der Waals surface area contributed by atoms with Gasteiger partial charge in [-0.1, -0.05) is 11.6 Å². The average molecular weight is 535 g/mol. The number of ether oxygens (including phenoxy) is 3. The number of aromatic nitrogens is 2. The minimum atomic E-state index is -1.55. The van der Waals surface area contributed by atoms with Crippen molar-refractivity contribution in [2.24, 2.45) is 5.92 Å². The molecule has 5 rings (SSSR count). The van der Waals surface area contributed by atoms with E-state index in [1.54, 1.807) is 6.92 Å². The molecule has 0 radical (unpaired) electrons. The summed E-state index contributed by atoms with van der Waals surface area (Å²) >= 11 is 6.95. The number of rotatable bonds is 5. The molecule has 1 aliphatic carbocycles. The van der Waals surface area contributed by atoms with Crippen LogP contribution in [-0.2, 0) is 9.47 Å². The van der Waals surface area contributed by atoms with Crippen LogP contribution >= 0.6 is 11.6 Å². The summed E-state index contributed by atoms with van der Waals surface area (Å²) in [5.41, 5.74) is -0.823. The fraction of sp³-hybridized carbons (Fsp3) is 0.600. The standard InChI is InChI=1S/C25H31ClN4O7/c1-13-17-19(30(15-5-6-15)10-16(20(17)31)36-23(33)34)18(26)21(28-13)29-9-14-7-8-35-25(14,12-29)11-27-22(32)37-24(2,3)4/h10,14-15H,5-9,11-12H2,1-4H3,(H,27,32)(H,33,34). The Kier molecular flexibility index (Phi) is 6.26. The molecule has 12 heteroatoms. The molecule has 0 bridgehead atoms. The van der Waals surface area contributed by atoms with Gasteiger partial charge < -0.3 is 34.1 Å². The minimum Gasteiger partial charge on any atom is -0.449 e. The molecule has 200 valence electrons. The molecule has 2 unspecified atom stereocenters. The van der Waals surface area contributed by atoms with E-state index in [1.807, 2.05) is 30.2 Å². The molecular weight excluding hydrogens is 504 g/mol. The maximum Gasteiger partial charge on any atom is 0.511 e. The summed E-state index contributed by atoms with van der Waals surface area (Å²) in [6.07, 6.45) is 1.98. The van der Waals surface area contributed by atoms with Crippen molar-refractivity contribution in [3.8, 4) is 5.75 Å². The molecule has 2 atom stereocenters. The molecule has 2 aromatic heterocycles. The Hall–Kier alpha value is -3.05. The van der Waals surface area contributed by atoms with Gasteiger partial charge in [0.1, 0.15) is 22.0 Å². The highest BCUT2D eigenvalue weighted by Gasteiger charge is 2.52. The number of pyridine rings is 2. The second-order valence-corrected chi connectivity index (χ2v) is 11.4. The Morgan fingerprint density at radius 2 is 2.05 bits per heavy atom. The second kappa shape index (κ2) is 9.05. The van der Waals surface area contributed by atoms with Gasteiger partial charge in [0.15, 0.2) is 5.75 Å². The van der Waals surface area contributed by atoms with Crippen LogP contribution in [0.5, 0.6) is 5.75 Å². The zero-order valence-corrected chi connectivity index (χ0v) is 22.1. The number of hydrogen-bond acceptors (Lipinski definition) is 8. The number of nitrogens with zero attached hydrogens (tertiary/aromatic N) is 3. The second-order valence-electron chi connectivity index (χ2n) is 11.0. The summed E-state index contributed by atoms with van der Waals surface area (Å²) in [4.78, 5) is 43.3. The predicted octanol–water partition coefficient (Wildman–Crippen LogP) is 3.87. The summed E-state index contributed by atoms with van der Waals surface area (Å²) in [7, 11) is 0. The van der Waals surface area contributed by atoms with Crippen LogP contribution in [0.15, 0.2) is 11.0 Å². The number of carbonyl (C=O) groups excluding carboxylic acids is 1. The van der Waals surface area contributed by atoms with E-state index >= 15 is 0 Å². The highest BCUT2D eigenvalue weighted by atomic mass is 35.5. The fourth-order valence-corrected chi connectivity index (χ4v) is 5.73. The van der Waals surface area contributed by atoms with Gasteiger partial charge in [-0.15, -0.1) is 0 Å². The third-order valence-corrected chi connectivity index (χ3v) is 7.46. The zero-order chi connectivity index (χ0) is 26.7. The molecule has 1 amide bonds. The number of carboxylic acid groups (broad SMARTS) is 1. The Bertz CT molecular complexity index is 1330. The lowest BCUT2D eigenvalue weighted by Crippen LogP contribution is -2.49. The van der Waals surface area contributed by atoms with Crippen LogP contribution in [0, 0.1) is 12.8 Å². The normalized spacial score (nSPS) is 23.3. The monoisotopic (exact) mass is 534 g/mol. The summed E-state index contributed by atoms with van der Waals surface area (Å²) in [6.45, 7) is 9.11. The predicted molar refractivity (Wildman–Crippen MR) is 136 cm³/mol. The maximum atomic E-state index is 13.1.